The summed E-state index contributed by atoms with van der Waals surface area (Å²) in [6.45, 7) is 5.76. The average molecular weight is 293 g/mol. The molecule has 0 saturated carbocycles. The molecule has 0 fully saturated rings. The van der Waals surface area contributed by atoms with Crippen LogP contribution in [0.15, 0.2) is 12.1 Å². The van der Waals surface area contributed by atoms with Gasteiger partial charge in [0.15, 0.2) is 0 Å². The van der Waals surface area contributed by atoms with Crippen LogP contribution in [-0.4, -0.2) is 54.9 Å². The Labute approximate surface area is 127 Å². The lowest BCUT2D eigenvalue weighted by Crippen LogP contribution is -2.30. The minimum Gasteiger partial charge on any atom is -0.342 e. The zero-order valence-electron chi connectivity index (χ0n) is 13.7. The number of carbonyl (C=O) groups excluding carboxylic acids is 1. The Kier molecular flexibility index (Phi) is 6.58. The van der Waals surface area contributed by atoms with Crippen LogP contribution in [0.5, 0.6) is 0 Å². The van der Waals surface area contributed by atoms with E-state index in [4.69, 9.17) is 5.84 Å². The molecule has 21 heavy (non-hydrogen) atoms. The van der Waals surface area contributed by atoms with E-state index >= 15 is 0 Å². The van der Waals surface area contributed by atoms with Gasteiger partial charge < -0.3 is 15.2 Å². The predicted octanol–water partition coefficient (Wildman–Crippen LogP) is 1.51. The summed E-state index contributed by atoms with van der Waals surface area (Å²) in [4.78, 5) is 20.7. The van der Waals surface area contributed by atoms with Crippen LogP contribution < -0.4 is 11.3 Å². The van der Waals surface area contributed by atoms with Crippen LogP contribution >= 0.6 is 0 Å². The van der Waals surface area contributed by atoms with Crippen LogP contribution in [-0.2, 0) is 0 Å². The molecule has 0 atom stereocenters. The van der Waals surface area contributed by atoms with Gasteiger partial charge in [0.1, 0.15) is 5.82 Å². The first-order chi connectivity index (χ1) is 9.85. The van der Waals surface area contributed by atoms with Crippen molar-refractivity contribution in [1.82, 2.24) is 14.8 Å². The quantitative estimate of drug-likeness (QED) is 0.589. The van der Waals surface area contributed by atoms with Crippen molar-refractivity contribution < 1.29 is 4.79 Å². The fourth-order valence-corrected chi connectivity index (χ4v) is 1.99. The van der Waals surface area contributed by atoms with E-state index in [2.05, 4.69) is 15.3 Å². The van der Waals surface area contributed by atoms with E-state index in [1.54, 1.807) is 11.0 Å². The molecule has 1 aromatic heterocycles. The second kappa shape index (κ2) is 7.95. The minimum atomic E-state index is -0.00504. The highest BCUT2D eigenvalue weighted by molar-refractivity contribution is 5.94. The van der Waals surface area contributed by atoms with Crippen LogP contribution in [0, 0.1) is 0 Å². The molecule has 0 bridgehead atoms. The van der Waals surface area contributed by atoms with Gasteiger partial charge in [0.2, 0.25) is 0 Å². The van der Waals surface area contributed by atoms with Crippen LogP contribution in [0.25, 0.3) is 0 Å². The SMILES string of the molecule is CC(C)c1cc(C(=O)N(C)CCCN(C)C)cc(NN)n1. The highest BCUT2D eigenvalue weighted by atomic mass is 16.2. The number of hydrazine groups is 1. The lowest BCUT2D eigenvalue weighted by Gasteiger charge is -2.19. The van der Waals surface area contributed by atoms with Gasteiger partial charge in [-0.1, -0.05) is 13.8 Å². The van der Waals surface area contributed by atoms with Gasteiger partial charge in [-0.25, -0.2) is 10.8 Å². The largest absolute Gasteiger partial charge is 0.342 e. The number of hydrogen-bond donors (Lipinski definition) is 2. The first kappa shape index (κ1) is 17.4. The molecule has 1 rings (SSSR count). The molecule has 6 nitrogen and oxygen atoms in total. The molecular formula is C15H27N5O. The molecule has 3 N–H and O–H groups in total. The minimum absolute atomic E-state index is 0.00504. The number of carbonyl (C=O) groups is 1. The van der Waals surface area contributed by atoms with Gasteiger partial charge in [0.25, 0.3) is 5.91 Å². The molecule has 0 aliphatic heterocycles. The third-order valence-electron chi connectivity index (χ3n) is 3.28. The maximum absolute atomic E-state index is 12.5. The van der Waals surface area contributed by atoms with Crippen molar-refractivity contribution in [2.45, 2.75) is 26.2 Å². The smallest absolute Gasteiger partial charge is 0.253 e. The molecule has 0 saturated heterocycles. The van der Waals surface area contributed by atoms with Crippen molar-refractivity contribution in [2.24, 2.45) is 5.84 Å². The van der Waals surface area contributed by atoms with Gasteiger partial charge in [-0.3, -0.25) is 4.79 Å². The second-order valence-corrected chi connectivity index (χ2v) is 5.85. The first-order valence-corrected chi connectivity index (χ1v) is 7.24. The maximum atomic E-state index is 12.5. The fraction of sp³-hybridized carbons (Fsp3) is 0.600. The normalized spacial score (nSPS) is 11.0. The van der Waals surface area contributed by atoms with Gasteiger partial charge in [-0.2, -0.15) is 0 Å². The summed E-state index contributed by atoms with van der Waals surface area (Å²) < 4.78 is 0. The van der Waals surface area contributed by atoms with Crippen molar-refractivity contribution in [3.63, 3.8) is 0 Å². The lowest BCUT2D eigenvalue weighted by molar-refractivity contribution is 0.0790. The Morgan fingerprint density at radius 1 is 1.29 bits per heavy atom. The molecule has 0 aromatic carbocycles. The monoisotopic (exact) mass is 293 g/mol. The van der Waals surface area contributed by atoms with E-state index in [1.165, 1.54) is 0 Å². The zero-order valence-corrected chi connectivity index (χ0v) is 13.7. The molecule has 6 heteroatoms. The lowest BCUT2D eigenvalue weighted by atomic mass is 10.1. The highest BCUT2D eigenvalue weighted by Gasteiger charge is 2.15. The number of anilines is 1. The van der Waals surface area contributed by atoms with Crippen LogP contribution in [0.4, 0.5) is 5.82 Å². The third kappa shape index (κ3) is 5.32. The molecule has 1 amide bonds. The van der Waals surface area contributed by atoms with Crippen molar-refractivity contribution in [3.05, 3.63) is 23.4 Å². The zero-order chi connectivity index (χ0) is 16.0. The molecule has 0 radical (unpaired) electrons. The first-order valence-electron chi connectivity index (χ1n) is 7.24. The van der Waals surface area contributed by atoms with Gasteiger partial charge >= 0.3 is 0 Å². The summed E-state index contributed by atoms with van der Waals surface area (Å²) in [5, 5.41) is 0. The van der Waals surface area contributed by atoms with E-state index in [-0.39, 0.29) is 11.8 Å². The Balaban J connectivity index is 2.83. The number of hydrogen-bond acceptors (Lipinski definition) is 5. The van der Waals surface area contributed by atoms with Gasteiger partial charge in [0.05, 0.1) is 0 Å². The number of aromatic nitrogens is 1. The van der Waals surface area contributed by atoms with E-state index in [1.807, 2.05) is 41.1 Å². The third-order valence-corrected chi connectivity index (χ3v) is 3.28. The number of pyridine rings is 1. The number of nitrogens with two attached hydrogens (primary N) is 1. The van der Waals surface area contributed by atoms with Crippen molar-refractivity contribution >= 4 is 11.7 Å². The Bertz CT molecular complexity index is 473. The van der Waals surface area contributed by atoms with E-state index < -0.39 is 0 Å². The molecule has 118 valence electrons. The predicted molar refractivity (Wildman–Crippen MR) is 86.3 cm³/mol. The molecule has 0 aliphatic carbocycles. The van der Waals surface area contributed by atoms with Crippen molar-refractivity contribution in [1.29, 1.82) is 0 Å². The number of amides is 1. The standard InChI is InChI=1S/C15H27N5O/c1-11(2)13-9-12(10-14(17-13)18-16)15(21)20(5)8-6-7-19(3)4/h9-11H,6-8,16H2,1-5H3,(H,17,18). The molecule has 1 heterocycles. The van der Waals surface area contributed by atoms with Gasteiger partial charge in [-0.15, -0.1) is 0 Å². The highest BCUT2D eigenvalue weighted by Crippen LogP contribution is 2.18. The van der Waals surface area contributed by atoms with E-state index in [9.17, 15) is 4.79 Å². The number of nitrogen functional groups attached to an aromatic ring is 1. The summed E-state index contributed by atoms with van der Waals surface area (Å²) in [6, 6.07) is 3.53. The molecule has 0 unspecified atom stereocenters. The second-order valence-electron chi connectivity index (χ2n) is 5.85. The molecule has 0 spiro atoms. The maximum Gasteiger partial charge on any atom is 0.253 e. The Morgan fingerprint density at radius 2 is 1.95 bits per heavy atom. The van der Waals surface area contributed by atoms with E-state index in [0.29, 0.717) is 11.4 Å². The Morgan fingerprint density at radius 3 is 2.48 bits per heavy atom. The van der Waals surface area contributed by atoms with Crippen molar-refractivity contribution in [2.75, 3.05) is 39.7 Å². The Hall–Kier alpha value is -1.66. The summed E-state index contributed by atoms with van der Waals surface area (Å²) in [5.74, 6) is 6.19. The topological polar surface area (TPSA) is 74.5 Å². The number of nitrogens with zero attached hydrogens (tertiary/aromatic N) is 3. The molecule has 1 aromatic rings. The van der Waals surface area contributed by atoms with Crippen molar-refractivity contribution in [3.8, 4) is 0 Å². The summed E-state index contributed by atoms with van der Waals surface area (Å²) in [6.07, 6.45) is 0.944. The number of nitrogens with one attached hydrogen (secondary N) is 1. The fourth-order valence-electron chi connectivity index (χ4n) is 1.99. The van der Waals surface area contributed by atoms with Gasteiger partial charge in [0, 0.05) is 24.8 Å². The van der Waals surface area contributed by atoms with E-state index in [0.717, 1.165) is 25.2 Å². The number of rotatable bonds is 7. The summed E-state index contributed by atoms with van der Waals surface area (Å²) >= 11 is 0. The molecule has 0 aliphatic rings. The average Bonchev–Trinajstić information content (AvgIpc) is 2.45. The molecular weight excluding hydrogens is 266 g/mol. The van der Waals surface area contributed by atoms with Crippen LogP contribution in [0.3, 0.4) is 0 Å². The summed E-state index contributed by atoms with van der Waals surface area (Å²) in [7, 11) is 5.88. The summed E-state index contributed by atoms with van der Waals surface area (Å²) in [5.41, 5.74) is 4.00. The van der Waals surface area contributed by atoms with Crippen LogP contribution in [0.1, 0.15) is 42.2 Å². The van der Waals surface area contributed by atoms with Gasteiger partial charge in [-0.05, 0) is 45.1 Å². The van der Waals surface area contributed by atoms with Crippen LogP contribution in [0.2, 0.25) is 0 Å².